The highest BCUT2D eigenvalue weighted by Crippen LogP contribution is 2.47. The molecule has 0 saturated carbocycles. The molecule has 0 spiro atoms. The topological polar surface area (TPSA) is 30.8 Å². The molecule has 0 bridgehead atoms. The Balaban J connectivity index is 1.36. The van der Waals surface area contributed by atoms with Crippen LogP contribution in [0.1, 0.15) is 33.3 Å². The van der Waals surface area contributed by atoms with E-state index in [0.29, 0.717) is 0 Å². The Morgan fingerprint density at radius 1 is 0.639 bits per heavy atom. The Morgan fingerprint density at radius 2 is 1.22 bits per heavy atom. The molecule has 0 radical (unpaired) electrons. The average Bonchev–Trinajstić information content (AvgIpc) is 3.10. The van der Waals surface area contributed by atoms with Crippen molar-refractivity contribution in [2.45, 2.75) is 38.0 Å². The van der Waals surface area contributed by atoms with Crippen LogP contribution in [-0.4, -0.2) is 22.0 Å². The average molecular weight is 487 g/mol. The van der Waals surface area contributed by atoms with E-state index in [9.17, 15) is 0 Å². The maximum absolute atomic E-state index is 6.48. The zero-order chi connectivity index (χ0) is 24.7. The minimum Gasteiger partial charge on any atom is -0.458 e. The first kappa shape index (κ1) is 21.8. The van der Waals surface area contributed by atoms with Crippen molar-refractivity contribution in [1.29, 1.82) is 0 Å². The van der Waals surface area contributed by atoms with Crippen LogP contribution in [0.2, 0.25) is 0 Å². The van der Waals surface area contributed by atoms with Crippen molar-refractivity contribution in [2.24, 2.45) is 4.99 Å². The second kappa shape index (κ2) is 7.53. The molecule has 4 aromatic carbocycles. The summed E-state index contributed by atoms with van der Waals surface area (Å²) in [5.74, 6) is 3.54. The van der Waals surface area contributed by atoms with Crippen LogP contribution in [0.4, 0.5) is 0 Å². The molecule has 0 fully saturated rings. The number of benzene rings is 4. The van der Waals surface area contributed by atoms with Crippen molar-refractivity contribution in [1.82, 2.24) is 0 Å². The van der Waals surface area contributed by atoms with Crippen LogP contribution in [0.15, 0.2) is 89.9 Å². The lowest BCUT2D eigenvalue weighted by Crippen LogP contribution is -2.57. The zero-order valence-electron chi connectivity index (χ0n) is 20.8. The van der Waals surface area contributed by atoms with Gasteiger partial charge in [0.2, 0.25) is 0 Å². The molecular weight excluding hydrogens is 461 g/mol. The van der Waals surface area contributed by atoms with Gasteiger partial charge in [-0.2, -0.15) is 0 Å². The number of hydrogen-bond acceptors (Lipinski definition) is 4. The Kier molecular flexibility index (Phi) is 4.57. The second-order valence-corrected chi connectivity index (χ2v) is 12.4. The highest BCUT2D eigenvalue weighted by molar-refractivity contribution is 8.15. The highest BCUT2D eigenvalue weighted by atomic mass is 32.2. The third-order valence-electron chi connectivity index (χ3n) is 7.94. The largest absolute Gasteiger partial charge is 0.458 e. The van der Waals surface area contributed by atoms with E-state index in [1.807, 2.05) is 23.9 Å². The fourth-order valence-corrected chi connectivity index (χ4v) is 6.59. The van der Waals surface area contributed by atoms with Crippen LogP contribution in [0.25, 0.3) is 11.1 Å². The lowest BCUT2D eigenvalue weighted by atomic mass is 9.35. The van der Waals surface area contributed by atoms with E-state index in [4.69, 9.17) is 14.5 Å². The predicted molar refractivity (Wildman–Crippen MR) is 152 cm³/mol. The highest BCUT2D eigenvalue weighted by Gasteiger charge is 2.44. The van der Waals surface area contributed by atoms with Gasteiger partial charge in [-0.15, -0.1) is 0 Å². The van der Waals surface area contributed by atoms with E-state index < -0.39 is 0 Å². The number of fused-ring (bicyclic) bond motifs is 4. The van der Waals surface area contributed by atoms with E-state index in [1.54, 1.807) is 0 Å². The fraction of sp³-hybridized carbons (Fsp3) is 0.194. The monoisotopic (exact) mass is 487 g/mol. The molecule has 0 aliphatic carbocycles. The molecule has 3 aliphatic rings. The standard InChI is InChI=1S/C31H26BNO2S/c1-30(2)31(3,4)36-29(33-30)20-11-9-10-19(16-20)21-17-26-28-27(18-21)35-25-15-8-6-13-23(25)32(28)22-12-5-7-14-24(22)34-26/h5-18H,1-4H3. The number of rotatable bonds is 2. The van der Waals surface area contributed by atoms with Gasteiger partial charge in [-0.05, 0) is 80.1 Å². The normalized spacial score (nSPS) is 17.8. The summed E-state index contributed by atoms with van der Waals surface area (Å²) in [4.78, 5) is 5.08. The molecular formula is C31H26BNO2S. The molecule has 7 rings (SSSR count). The predicted octanol–water partition coefficient (Wildman–Crippen LogP) is 6.13. The minimum absolute atomic E-state index is 0.0474. The number of nitrogens with zero attached hydrogens (tertiary/aromatic N) is 1. The van der Waals surface area contributed by atoms with Crippen molar-refractivity contribution in [2.75, 3.05) is 0 Å². The molecule has 3 nitrogen and oxygen atoms in total. The van der Waals surface area contributed by atoms with Gasteiger partial charge in [0, 0.05) is 15.8 Å². The Morgan fingerprint density at radius 3 is 1.81 bits per heavy atom. The van der Waals surface area contributed by atoms with E-state index in [0.717, 1.165) is 50.2 Å². The van der Waals surface area contributed by atoms with Crippen LogP contribution in [0.5, 0.6) is 23.0 Å². The quantitative estimate of drug-likeness (QED) is 0.275. The molecule has 0 unspecified atom stereocenters. The summed E-state index contributed by atoms with van der Waals surface area (Å²) in [6, 6.07) is 29.7. The zero-order valence-corrected chi connectivity index (χ0v) is 21.6. The molecule has 36 heavy (non-hydrogen) atoms. The summed E-state index contributed by atoms with van der Waals surface area (Å²) in [7, 11) is 0. The number of aliphatic imine (C=N–C) groups is 1. The van der Waals surface area contributed by atoms with Gasteiger partial charge in [0.25, 0.3) is 6.71 Å². The molecule has 4 aromatic rings. The van der Waals surface area contributed by atoms with Crippen LogP contribution in [-0.2, 0) is 0 Å². The lowest BCUT2D eigenvalue weighted by Gasteiger charge is -2.33. The smallest absolute Gasteiger partial charge is 0.260 e. The number of thioether (sulfide) groups is 1. The van der Waals surface area contributed by atoms with Gasteiger partial charge < -0.3 is 9.47 Å². The molecule has 0 atom stereocenters. The second-order valence-electron chi connectivity index (χ2n) is 10.8. The van der Waals surface area contributed by atoms with E-state index in [-0.39, 0.29) is 17.0 Å². The Hall–Kier alpha value is -3.44. The van der Waals surface area contributed by atoms with Crippen molar-refractivity contribution < 1.29 is 9.47 Å². The number of ether oxygens (including phenoxy) is 2. The van der Waals surface area contributed by atoms with Crippen LogP contribution in [0, 0.1) is 0 Å². The van der Waals surface area contributed by atoms with E-state index in [1.165, 1.54) is 10.9 Å². The molecule has 176 valence electrons. The van der Waals surface area contributed by atoms with Crippen LogP contribution in [0.3, 0.4) is 0 Å². The van der Waals surface area contributed by atoms with Crippen molar-refractivity contribution in [3.05, 3.63) is 90.5 Å². The van der Waals surface area contributed by atoms with Gasteiger partial charge >= 0.3 is 0 Å². The summed E-state index contributed by atoms with van der Waals surface area (Å²) in [6.45, 7) is 9.07. The summed E-state index contributed by atoms with van der Waals surface area (Å²) >= 11 is 1.86. The summed E-state index contributed by atoms with van der Waals surface area (Å²) < 4.78 is 13.0. The maximum atomic E-state index is 6.48. The lowest BCUT2D eigenvalue weighted by molar-refractivity contribution is 0.426. The number of hydrogen-bond donors (Lipinski definition) is 0. The third kappa shape index (κ3) is 3.19. The van der Waals surface area contributed by atoms with Crippen molar-refractivity contribution >= 4 is 39.9 Å². The SMILES string of the molecule is CC1(C)N=C(c2cccc(-c3cc4c5c(c3)Oc3ccccc3B5c3ccccc3O4)c2)SC1(C)C. The van der Waals surface area contributed by atoms with E-state index in [2.05, 4.69) is 100 Å². The fourth-order valence-electron chi connectivity index (χ4n) is 5.29. The Labute approximate surface area is 216 Å². The Bertz CT molecular complexity index is 1520. The molecule has 0 amide bonds. The van der Waals surface area contributed by atoms with Gasteiger partial charge in [-0.1, -0.05) is 66.4 Å². The molecule has 0 saturated heterocycles. The first-order chi connectivity index (χ1) is 17.3. The van der Waals surface area contributed by atoms with Crippen LogP contribution >= 0.6 is 11.8 Å². The van der Waals surface area contributed by atoms with Gasteiger partial charge in [0.1, 0.15) is 23.0 Å². The molecule has 0 aromatic heterocycles. The summed E-state index contributed by atoms with van der Waals surface area (Å²) in [6.07, 6.45) is 0. The van der Waals surface area contributed by atoms with Crippen molar-refractivity contribution in [3.8, 4) is 34.1 Å². The van der Waals surface area contributed by atoms with Gasteiger partial charge in [0.15, 0.2) is 0 Å². The summed E-state index contributed by atoms with van der Waals surface area (Å²) in [5, 5.41) is 1.10. The third-order valence-corrected chi connectivity index (χ3v) is 9.47. The summed E-state index contributed by atoms with van der Waals surface area (Å²) in [5.41, 5.74) is 6.70. The van der Waals surface area contributed by atoms with E-state index >= 15 is 0 Å². The first-order valence-electron chi connectivity index (χ1n) is 12.4. The van der Waals surface area contributed by atoms with Gasteiger partial charge in [-0.3, -0.25) is 4.99 Å². The molecule has 0 N–H and O–H groups in total. The van der Waals surface area contributed by atoms with Crippen LogP contribution < -0.4 is 25.9 Å². The van der Waals surface area contributed by atoms with Gasteiger partial charge in [-0.25, -0.2) is 0 Å². The van der Waals surface area contributed by atoms with Gasteiger partial charge in [0.05, 0.1) is 10.6 Å². The molecule has 3 heterocycles. The first-order valence-corrected chi connectivity index (χ1v) is 13.2. The number of para-hydroxylation sites is 2. The maximum Gasteiger partial charge on any atom is 0.260 e. The molecule has 3 aliphatic heterocycles. The van der Waals surface area contributed by atoms with Crippen molar-refractivity contribution in [3.63, 3.8) is 0 Å². The molecule has 5 heteroatoms. The minimum atomic E-state index is -0.115.